The standard InChI is InChI=1S/C8H6IN3O2/c9-6-4-10-12-2-1-5(3-7(6)12)11-8(13)14/h1-4,11H,(H,13,14). The van der Waals surface area contributed by atoms with Crippen LogP contribution in [-0.2, 0) is 0 Å². The number of aromatic nitrogens is 2. The zero-order valence-electron chi connectivity index (χ0n) is 6.94. The molecule has 2 N–H and O–H groups in total. The van der Waals surface area contributed by atoms with Crippen molar-refractivity contribution in [2.45, 2.75) is 0 Å². The highest BCUT2D eigenvalue weighted by Gasteiger charge is 2.03. The van der Waals surface area contributed by atoms with Gasteiger partial charge in [-0.2, -0.15) is 5.10 Å². The number of nitrogens with one attached hydrogen (secondary N) is 1. The van der Waals surface area contributed by atoms with E-state index in [0.29, 0.717) is 5.69 Å². The maximum absolute atomic E-state index is 10.4. The van der Waals surface area contributed by atoms with Crippen LogP contribution in [0.15, 0.2) is 24.5 Å². The lowest BCUT2D eigenvalue weighted by Crippen LogP contribution is -2.07. The highest BCUT2D eigenvalue weighted by molar-refractivity contribution is 14.1. The van der Waals surface area contributed by atoms with E-state index in [-0.39, 0.29) is 0 Å². The minimum absolute atomic E-state index is 0.545. The first-order valence-electron chi connectivity index (χ1n) is 3.79. The number of hydrogen-bond donors (Lipinski definition) is 2. The number of anilines is 1. The molecule has 1 amide bonds. The zero-order valence-corrected chi connectivity index (χ0v) is 9.09. The first-order chi connectivity index (χ1) is 6.66. The molecule has 0 unspecified atom stereocenters. The van der Waals surface area contributed by atoms with Crippen LogP contribution in [0.1, 0.15) is 0 Å². The summed E-state index contributed by atoms with van der Waals surface area (Å²) in [6, 6.07) is 3.40. The van der Waals surface area contributed by atoms with Gasteiger partial charge in [0.25, 0.3) is 0 Å². The number of pyridine rings is 1. The van der Waals surface area contributed by atoms with Crippen LogP contribution in [0.4, 0.5) is 10.5 Å². The van der Waals surface area contributed by atoms with Crippen LogP contribution in [-0.4, -0.2) is 20.8 Å². The van der Waals surface area contributed by atoms with E-state index in [1.807, 2.05) is 0 Å². The Hall–Kier alpha value is -1.31. The minimum Gasteiger partial charge on any atom is -0.465 e. The molecule has 2 heterocycles. The monoisotopic (exact) mass is 303 g/mol. The van der Waals surface area contributed by atoms with Crippen molar-refractivity contribution in [2.75, 3.05) is 5.32 Å². The number of carbonyl (C=O) groups is 1. The molecule has 0 aliphatic carbocycles. The summed E-state index contributed by atoms with van der Waals surface area (Å²) in [6.45, 7) is 0. The van der Waals surface area contributed by atoms with Gasteiger partial charge in [0.1, 0.15) is 0 Å². The second-order valence-corrected chi connectivity index (χ2v) is 3.83. The highest BCUT2D eigenvalue weighted by atomic mass is 127. The lowest BCUT2D eigenvalue weighted by molar-refractivity contribution is 0.210. The zero-order chi connectivity index (χ0) is 10.1. The third-order valence-corrected chi connectivity index (χ3v) is 2.56. The Balaban J connectivity index is 2.49. The van der Waals surface area contributed by atoms with Crippen LogP contribution in [0.2, 0.25) is 0 Å². The molecule has 0 aromatic carbocycles. The van der Waals surface area contributed by atoms with Crippen molar-refractivity contribution in [3.63, 3.8) is 0 Å². The molecule has 0 saturated heterocycles. The lowest BCUT2D eigenvalue weighted by atomic mass is 10.3. The Labute approximate surface area is 92.9 Å². The topological polar surface area (TPSA) is 66.6 Å². The molecule has 0 spiro atoms. The first kappa shape index (κ1) is 9.25. The molecule has 5 nitrogen and oxygen atoms in total. The first-order valence-corrected chi connectivity index (χ1v) is 4.87. The van der Waals surface area contributed by atoms with E-state index in [1.54, 1.807) is 29.0 Å². The summed E-state index contributed by atoms with van der Waals surface area (Å²) >= 11 is 2.15. The van der Waals surface area contributed by atoms with Crippen molar-refractivity contribution in [1.82, 2.24) is 9.61 Å². The summed E-state index contributed by atoms with van der Waals surface area (Å²) in [5.41, 5.74) is 1.43. The maximum Gasteiger partial charge on any atom is 0.409 e. The third kappa shape index (κ3) is 1.65. The normalized spacial score (nSPS) is 10.4. The molecule has 0 saturated carbocycles. The molecular formula is C8H6IN3O2. The van der Waals surface area contributed by atoms with Gasteiger partial charge in [0.15, 0.2) is 0 Å². The summed E-state index contributed by atoms with van der Waals surface area (Å²) < 4.78 is 2.67. The van der Waals surface area contributed by atoms with E-state index in [0.717, 1.165) is 9.09 Å². The molecule has 0 radical (unpaired) electrons. The molecule has 0 fully saturated rings. The van der Waals surface area contributed by atoms with Crippen molar-refractivity contribution in [2.24, 2.45) is 0 Å². The van der Waals surface area contributed by atoms with E-state index in [2.05, 4.69) is 33.0 Å². The number of fused-ring (bicyclic) bond motifs is 1. The van der Waals surface area contributed by atoms with Gasteiger partial charge in [-0.25, -0.2) is 9.31 Å². The Morgan fingerprint density at radius 2 is 2.43 bits per heavy atom. The van der Waals surface area contributed by atoms with Crippen LogP contribution in [0.25, 0.3) is 5.52 Å². The van der Waals surface area contributed by atoms with E-state index in [1.165, 1.54) is 0 Å². The van der Waals surface area contributed by atoms with Crippen molar-refractivity contribution < 1.29 is 9.90 Å². The molecular weight excluding hydrogens is 297 g/mol. The summed E-state index contributed by atoms with van der Waals surface area (Å²) in [4.78, 5) is 10.4. The van der Waals surface area contributed by atoms with Gasteiger partial charge >= 0.3 is 6.09 Å². The number of nitrogens with zero attached hydrogens (tertiary/aromatic N) is 2. The minimum atomic E-state index is -1.07. The van der Waals surface area contributed by atoms with Gasteiger partial charge in [0.05, 0.1) is 15.3 Å². The van der Waals surface area contributed by atoms with Gasteiger partial charge in [-0.05, 0) is 34.7 Å². The molecule has 6 heteroatoms. The Morgan fingerprint density at radius 1 is 1.64 bits per heavy atom. The van der Waals surface area contributed by atoms with Crippen LogP contribution in [0, 0.1) is 3.57 Å². The molecule has 0 aliphatic heterocycles. The number of rotatable bonds is 1. The van der Waals surface area contributed by atoms with E-state index < -0.39 is 6.09 Å². The number of carboxylic acid groups (broad SMARTS) is 1. The SMILES string of the molecule is O=C(O)Nc1ccn2ncc(I)c2c1. The average molecular weight is 303 g/mol. The molecule has 0 atom stereocenters. The second-order valence-electron chi connectivity index (χ2n) is 2.67. The summed E-state index contributed by atoms with van der Waals surface area (Å²) in [5.74, 6) is 0. The van der Waals surface area contributed by atoms with Crippen LogP contribution < -0.4 is 5.32 Å². The van der Waals surface area contributed by atoms with Crippen molar-refractivity contribution in [3.8, 4) is 0 Å². The van der Waals surface area contributed by atoms with Crippen molar-refractivity contribution >= 4 is 39.9 Å². The molecule has 72 valence electrons. The van der Waals surface area contributed by atoms with Crippen LogP contribution >= 0.6 is 22.6 Å². The fourth-order valence-corrected chi connectivity index (χ4v) is 1.68. The quantitative estimate of drug-likeness (QED) is 0.792. The van der Waals surface area contributed by atoms with Gasteiger partial charge in [0.2, 0.25) is 0 Å². The highest BCUT2D eigenvalue weighted by Crippen LogP contribution is 2.17. The van der Waals surface area contributed by atoms with E-state index in [4.69, 9.17) is 5.11 Å². The number of hydrogen-bond acceptors (Lipinski definition) is 2. The Kier molecular flexibility index (Phi) is 2.28. The van der Waals surface area contributed by atoms with Gasteiger partial charge in [0, 0.05) is 11.9 Å². The summed E-state index contributed by atoms with van der Waals surface area (Å²) in [5, 5.41) is 14.9. The van der Waals surface area contributed by atoms with Crippen molar-refractivity contribution in [3.05, 3.63) is 28.1 Å². The third-order valence-electron chi connectivity index (χ3n) is 1.73. The fourth-order valence-electron chi connectivity index (χ4n) is 1.15. The van der Waals surface area contributed by atoms with Crippen LogP contribution in [0.3, 0.4) is 0 Å². The van der Waals surface area contributed by atoms with E-state index in [9.17, 15) is 4.79 Å². The Morgan fingerprint density at radius 3 is 3.14 bits per heavy atom. The Bertz CT molecular complexity index is 494. The predicted octanol–water partition coefficient (Wildman–Crippen LogP) is 2.03. The molecule has 0 aliphatic rings. The number of amides is 1. The second kappa shape index (κ2) is 3.45. The molecule has 0 bridgehead atoms. The van der Waals surface area contributed by atoms with Crippen molar-refractivity contribution in [1.29, 1.82) is 0 Å². The average Bonchev–Trinajstić information content (AvgIpc) is 2.47. The van der Waals surface area contributed by atoms with Gasteiger partial charge in [-0.1, -0.05) is 0 Å². The number of halogens is 1. The fraction of sp³-hybridized carbons (Fsp3) is 0. The molecule has 14 heavy (non-hydrogen) atoms. The molecule has 2 rings (SSSR count). The van der Waals surface area contributed by atoms with Crippen LogP contribution in [0.5, 0.6) is 0 Å². The molecule has 2 aromatic rings. The molecule has 2 aromatic heterocycles. The van der Waals surface area contributed by atoms with Gasteiger partial charge < -0.3 is 5.11 Å². The smallest absolute Gasteiger partial charge is 0.409 e. The largest absolute Gasteiger partial charge is 0.465 e. The van der Waals surface area contributed by atoms with Gasteiger partial charge in [-0.15, -0.1) is 0 Å². The lowest BCUT2D eigenvalue weighted by Gasteiger charge is -2.00. The van der Waals surface area contributed by atoms with E-state index >= 15 is 0 Å². The summed E-state index contributed by atoms with van der Waals surface area (Å²) in [7, 11) is 0. The maximum atomic E-state index is 10.4. The predicted molar refractivity (Wildman–Crippen MR) is 59.6 cm³/mol. The summed E-state index contributed by atoms with van der Waals surface area (Å²) in [6.07, 6.45) is 2.37. The van der Waals surface area contributed by atoms with Gasteiger partial charge in [-0.3, -0.25) is 5.32 Å².